The van der Waals surface area contributed by atoms with Gasteiger partial charge in [-0.05, 0) is 30.2 Å². The average Bonchev–Trinajstić information content (AvgIpc) is 2.91. The lowest BCUT2D eigenvalue weighted by atomic mass is 10.1. The number of nitrogens with one attached hydrogen (secondary N) is 1. The van der Waals surface area contributed by atoms with Crippen molar-refractivity contribution in [3.05, 3.63) is 58.6 Å². The molecular formula is C17H15ClN2O2. The zero-order chi connectivity index (χ0) is 15.7. The van der Waals surface area contributed by atoms with Gasteiger partial charge in [-0.1, -0.05) is 35.9 Å². The first-order chi connectivity index (χ1) is 10.6. The molecule has 0 aromatic heterocycles. The van der Waals surface area contributed by atoms with Crippen molar-refractivity contribution in [2.24, 2.45) is 0 Å². The van der Waals surface area contributed by atoms with Crippen LogP contribution in [0.25, 0.3) is 0 Å². The molecule has 1 aliphatic heterocycles. The van der Waals surface area contributed by atoms with Crippen molar-refractivity contribution in [1.82, 2.24) is 0 Å². The van der Waals surface area contributed by atoms with Crippen LogP contribution < -0.4 is 10.2 Å². The summed E-state index contributed by atoms with van der Waals surface area (Å²) >= 11 is 6.13. The summed E-state index contributed by atoms with van der Waals surface area (Å²) in [6, 6.07) is 12.7. The molecule has 2 aromatic rings. The molecule has 1 aliphatic rings. The number of carbonyl (C=O) groups is 2. The fourth-order valence-corrected chi connectivity index (χ4v) is 2.95. The van der Waals surface area contributed by atoms with Crippen LogP contribution in [-0.4, -0.2) is 18.4 Å². The number of para-hydroxylation sites is 1. The number of nitrogens with zero attached hydrogens (tertiary/aromatic N) is 1. The first kappa shape index (κ1) is 14.6. The van der Waals surface area contributed by atoms with E-state index in [1.807, 2.05) is 12.1 Å². The van der Waals surface area contributed by atoms with Gasteiger partial charge in [0.15, 0.2) is 0 Å². The van der Waals surface area contributed by atoms with E-state index < -0.39 is 0 Å². The van der Waals surface area contributed by atoms with E-state index in [1.165, 1.54) is 6.92 Å². The van der Waals surface area contributed by atoms with Gasteiger partial charge in [0.05, 0.1) is 22.0 Å². The van der Waals surface area contributed by atoms with Crippen LogP contribution in [0, 0.1) is 0 Å². The zero-order valence-corrected chi connectivity index (χ0v) is 12.9. The van der Waals surface area contributed by atoms with Gasteiger partial charge < -0.3 is 10.2 Å². The molecule has 4 nitrogen and oxygen atoms in total. The first-order valence-corrected chi connectivity index (χ1v) is 7.41. The number of carbonyl (C=O) groups excluding carboxylic acids is 2. The summed E-state index contributed by atoms with van der Waals surface area (Å²) in [5, 5.41) is 3.22. The Balaban J connectivity index is 2.02. The number of anilines is 2. The largest absolute Gasteiger partial charge is 0.325 e. The van der Waals surface area contributed by atoms with Crippen LogP contribution in [0.15, 0.2) is 42.5 Å². The highest BCUT2D eigenvalue weighted by Crippen LogP contribution is 2.37. The number of hydrogen-bond acceptors (Lipinski definition) is 2. The van der Waals surface area contributed by atoms with Gasteiger partial charge in [0.2, 0.25) is 5.91 Å². The standard InChI is InChI=1S/C17H15ClN2O2/c1-11(21)19-15-8-4-5-12-9-10-20(16(12)15)17(22)13-6-2-3-7-14(13)18/h2-8H,9-10H2,1H3,(H,19,21). The van der Waals surface area contributed by atoms with E-state index in [0.717, 1.165) is 17.7 Å². The van der Waals surface area contributed by atoms with E-state index in [9.17, 15) is 9.59 Å². The summed E-state index contributed by atoms with van der Waals surface area (Å²) in [5.41, 5.74) is 2.94. The number of hydrogen-bond donors (Lipinski definition) is 1. The van der Waals surface area contributed by atoms with Crippen LogP contribution in [0.3, 0.4) is 0 Å². The minimum absolute atomic E-state index is 0.151. The Morgan fingerprint density at radius 1 is 1.14 bits per heavy atom. The predicted octanol–water partition coefficient (Wildman–Crippen LogP) is 3.50. The molecule has 0 bridgehead atoms. The van der Waals surface area contributed by atoms with Crippen molar-refractivity contribution in [2.75, 3.05) is 16.8 Å². The molecule has 3 rings (SSSR count). The van der Waals surface area contributed by atoms with E-state index in [-0.39, 0.29) is 11.8 Å². The molecule has 0 saturated heterocycles. The molecule has 0 fully saturated rings. The Hall–Kier alpha value is -2.33. The average molecular weight is 315 g/mol. The smallest absolute Gasteiger partial charge is 0.259 e. The molecule has 2 aromatic carbocycles. The molecule has 0 saturated carbocycles. The maximum atomic E-state index is 12.8. The number of halogens is 1. The Kier molecular flexibility index (Phi) is 3.86. The fraction of sp³-hybridized carbons (Fsp3) is 0.176. The summed E-state index contributed by atoms with van der Waals surface area (Å²) in [6.45, 7) is 2.03. The monoisotopic (exact) mass is 314 g/mol. The third-order valence-electron chi connectivity index (χ3n) is 3.65. The van der Waals surface area contributed by atoms with Crippen molar-refractivity contribution < 1.29 is 9.59 Å². The van der Waals surface area contributed by atoms with Crippen LogP contribution >= 0.6 is 11.6 Å². The molecule has 1 heterocycles. The van der Waals surface area contributed by atoms with Crippen molar-refractivity contribution in [2.45, 2.75) is 13.3 Å². The van der Waals surface area contributed by atoms with Crippen LogP contribution in [-0.2, 0) is 11.2 Å². The Labute approximate surface area is 133 Å². The molecule has 112 valence electrons. The van der Waals surface area contributed by atoms with Gasteiger partial charge in [-0.15, -0.1) is 0 Å². The highest BCUT2D eigenvalue weighted by Gasteiger charge is 2.29. The lowest BCUT2D eigenvalue weighted by molar-refractivity contribution is -0.114. The highest BCUT2D eigenvalue weighted by atomic mass is 35.5. The summed E-state index contributed by atoms with van der Waals surface area (Å²) in [4.78, 5) is 25.9. The third-order valence-corrected chi connectivity index (χ3v) is 3.98. The van der Waals surface area contributed by atoms with E-state index in [1.54, 1.807) is 35.2 Å². The lowest BCUT2D eigenvalue weighted by Gasteiger charge is -2.21. The topological polar surface area (TPSA) is 49.4 Å². The van der Waals surface area contributed by atoms with Gasteiger partial charge in [-0.25, -0.2) is 0 Å². The summed E-state index contributed by atoms with van der Waals surface area (Å²) in [5.74, 6) is -0.312. The molecule has 0 unspecified atom stereocenters. The lowest BCUT2D eigenvalue weighted by Crippen LogP contribution is -2.30. The van der Waals surface area contributed by atoms with Crippen LogP contribution in [0.4, 0.5) is 11.4 Å². The molecule has 0 atom stereocenters. The Bertz CT molecular complexity index is 758. The minimum atomic E-state index is -0.162. The maximum Gasteiger partial charge on any atom is 0.259 e. The van der Waals surface area contributed by atoms with Gasteiger partial charge in [-0.2, -0.15) is 0 Å². The van der Waals surface area contributed by atoms with Gasteiger partial charge in [0, 0.05) is 13.5 Å². The molecule has 2 amide bonds. The highest BCUT2D eigenvalue weighted by molar-refractivity contribution is 6.34. The van der Waals surface area contributed by atoms with Gasteiger partial charge in [-0.3, -0.25) is 9.59 Å². The van der Waals surface area contributed by atoms with Crippen LogP contribution in [0.5, 0.6) is 0 Å². The normalized spacial score (nSPS) is 12.9. The molecule has 5 heteroatoms. The molecule has 0 aliphatic carbocycles. The number of benzene rings is 2. The first-order valence-electron chi connectivity index (χ1n) is 7.04. The minimum Gasteiger partial charge on any atom is -0.325 e. The second-order valence-electron chi connectivity index (χ2n) is 5.18. The van der Waals surface area contributed by atoms with Crippen molar-refractivity contribution >= 4 is 34.8 Å². The number of amides is 2. The second-order valence-corrected chi connectivity index (χ2v) is 5.59. The van der Waals surface area contributed by atoms with Gasteiger partial charge >= 0.3 is 0 Å². The van der Waals surface area contributed by atoms with Gasteiger partial charge in [0.25, 0.3) is 5.91 Å². The van der Waals surface area contributed by atoms with Crippen LogP contribution in [0.1, 0.15) is 22.8 Å². The van der Waals surface area contributed by atoms with E-state index in [4.69, 9.17) is 11.6 Å². The number of rotatable bonds is 2. The summed E-state index contributed by atoms with van der Waals surface area (Å²) < 4.78 is 0. The van der Waals surface area contributed by atoms with Crippen LogP contribution in [0.2, 0.25) is 5.02 Å². The van der Waals surface area contributed by atoms with Crippen molar-refractivity contribution in [1.29, 1.82) is 0 Å². The quantitative estimate of drug-likeness (QED) is 0.922. The van der Waals surface area contributed by atoms with E-state index in [0.29, 0.717) is 22.8 Å². The van der Waals surface area contributed by atoms with Crippen molar-refractivity contribution in [3.63, 3.8) is 0 Å². The fourth-order valence-electron chi connectivity index (χ4n) is 2.73. The summed E-state index contributed by atoms with van der Waals surface area (Å²) in [7, 11) is 0. The Morgan fingerprint density at radius 3 is 2.64 bits per heavy atom. The van der Waals surface area contributed by atoms with E-state index in [2.05, 4.69) is 5.32 Å². The molecule has 0 spiro atoms. The maximum absolute atomic E-state index is 12.8. The molecule has 1 N–H and O–H groups in total. The Morgan fingerprint density at radius 2 is 1.91 bits per heavy atom. The molecule has 0 radical (unpaired) electrons. The second kappa shape index (κ2) is 5.81. The summed E-state index contributed by atoms with van der Waals surface area (Å²) in [6.07, 6.45) is 0.763. The predicted molar refractivity (Wildman–Crippen MR) is 87.6 cm³/mol. The van der Waals surface area contributed by atoms with Crippen molar-refractivity contribution in [3.8, 4) is 0 Å². The molecule has 22 heavy (non-hydrogen) atoms. The zero-order valence-electron chi connectivity index (χ0n) is 12.1. The number of fused-ring (bicyclic) bond motifs is 1. The third kappa shape index (κ3) is 2.57. The molecular weight excluding hydrogens is 300 g/mol. The van der Waals surface area contributed by atoms with Gasteiger partial charge in [0.1, 0.15) is 0 Å². The SMILES string of the molecule is CC(=O)Nc1cccc2c1N(C(=O)c1ccccc1Cl)CC2. The van der Waals surface area contributed by atoms with E-state index >= 15 is 0 Å².